The molecule has 0 fully saturated rings. The van der Waals surface area contributed by atoms with Crippen LogP contribution in [0.1, 0.15) is 0 Å². The third-order valence-electron chi connectivity index (χ3n) is 0. The van der Waals surface area contributed by atoms with Gasteiger partial charge in [0, 0.05) is 0 Å². The van der Waals surface area contributed by atoms with Crippen molar-refractivity contribution < 1.29 is 21.7 Å². The summed E-state index contributed by atoms with van der Waals surface area (Å²) in [6.45, 7) is 0. The van der Waals surface area contributed by atoms with Gasteiger partial charge in [0.15, 0.2) is 0 Å². The molecule has 0 N–H and O–H groups in total. The summed E-state index contributed by atoms with van der Waals surface area (Å²) in [7, 11) is 0. The maximum Gasteiger partial charge on any atom is 4.00 e. The standard InChI is InChI=1S/4CH3.Ti/h4*1H3;/q4*-1;+4. The molecule has 0 unspecified atom stereocenters. The second-order valence-electron chi connectivity index (χ2n) is 0. The summed E-state index contributed by atoms with van der Waals surface area (Å²) >= 11 is 0. The van der Waals surface area contributed by atoms with E-state index < -0.39 is 0 Å². The van der Waals surface area contributed by atoms with Crippen LogP contribution in [0.3, 0.4) is 0 Å². The Morgan fingerprint density at radius 2 is 0.400 bits per heavy atom. The molecule has 5 heavy (non-hydrogen) atoms. The van der Waals surface area contributed by atoms with Crippen molar-refractivity contribution in [3.63, 3.8) is 0 Å². The third kappa shape index (κ3) is 68.1. The fraction of sp³-hybridized carbons (Fsp3) is 0. The SMILES string of the molecule is [CH3-].[CH3-].[CH3-].[CH3-].[Ti+4]. The Morgan fingerprint density at radius 3 is 0.400 bits per heavy atom. The number of hydrogen-bond donors (Lipinski definition) is 0. The van der Waals surface area contributed by atoms with Crippen LogP contribution < -0.4 is 0 Å². The number of rotatable bonds is 0. The van der Waals surface area contributed by atoms with E-state index in [-0.39, 0.29) is 51.4 Å². The summed E-state index contributed by atoms with van der Waals surface area (Å²) in [5, 5.41) is 0. The molecule has 0 saturated heterocycles. The first kappa shape index (κ1) is 249. The van der Waals surface area contributed by atoms with Crippen molar-refractivity contribution in [2.75, 3.05) is 0 Å². The second-order valence-corrected chi connectivity index (χ2v) is 0. The first-order chi connectivity index (χ1) is 0. The molecule has 0 aromatic heterocycles. The molecular formula is C4H12Ti. The van der Waals surface area contributed by atoms with Crippen molar-refractivity contribution >= 4 is 0 Å². The zero-order valence-corrected chi connectivity index (χ0v) is 6.06. The Balaban J connectivity index is 0. The predicted octanol–water partition coefficient (Wildman–Crippen LogP) is 1.80. The second kappa shape index (κ2) is 127. The molecular weight excluding hydrogens is 95.9 g/mol. The van der Waals surface area contributed by atoms with Gasteiger partial charge in [0.25, 0.3) is 0 Å². The van der Waals surface area contributed by atoms with Crippen LogP contribution in [-0.2, 0) is 21.7 Å². The minimum absolute atomic E-state index is 0. The molecule has 0 aliphatic heterocycles. The first-order valence-electron chi connectivity index (χ1n) is 0. The monoisotopic (exact) mass is 108 g/mol. The molecule has 0 amide bonds. The van der Waals surface area contributed by atoms with Crippen molar-refractivity contribution in [2.24, 2.45) is 0 Å². The average Bonchev–Trinajstić information content (AvgIpc) is 0. The van der Waals surface area contributed by atoms with Crippen LogP contribution in [0.2, 0.25) is 0 Å². The molecule has 0 aliphatic carbocycles. The van der Waals surface area contributed by atoms with E-state index in [1.165, 1.54) is 0 Å². The van der Waals surface area contributed by atoms with Gasteiger partial charge in [0.05, 0.1) is 0 Å². The summed E-state index contributed by atoms with van der Waals surface area (Å²) in [6, 6.07) is 0. The zero-order chi connectivity index (χ0) is 0. The minimum Gasteiger partial charge on any atom is -0.358 e. The normalized spacial score (nSPS) is 0. The molecule has 0 aromatic carbocycles. The van der Waals surface area contributed by atoms with Crippen LogP contribution in [0.25, 0.3) is 0 Å². The summed E-state index contributed by atoms with van der Waals surface area (Å²) in [5.41, 5.74) is 0. The van der Waals surface area contributed by atoms with E-state index in [1.807, 2.05) is 0 Å². The smallest absolute Gasteiger partial charge is 0.358 e. The largest absolute Gasteiger partial charge is 4.00 e. The van der Waals surface area contributed by atoms with Gasteiger partial charge < -0.3 is 29.7 Å². The Kier molecular flexibility index (Phi) is 6350. The Hall–Kier alpha value is 0.714. The van der Waals surface area contributed by atoms with Gasteiger partial charge in [-0.3, -0.25) is 0 Å². The molecule has 0 aliphatic rings. The third-order valence-corrected chi connectivity index (χ3v) is 0. The van der Waals surface area contributed by atoms with Gasteiger partial charge in [-0.05, 0) is 0 Å². The fourth-order valence-electron chi connectivity index (χ4n) is 0. The van der Waals surface area contributed by atoms with E-state index in [0.29, 0.717) is 0 Å². The van der Waals surface area contributed by atoms with Crippen molar-refractivity contribution in [3.05, 3.63) is 29.7 Å². The van der Waals surface area contributed by atoms with Crippen molar-refractivity contribution in [3.8, 4) is 0 Å². The van der Waals surface area contributed by atoms with Gasteiger partial charge in [0.1, 0.15) is 0 Å². The molecule has 0 atom stereocenters. The maximum absolute atomic E-state index is 0. The van der Waals surface area contributed by atoms with Crippen molar-refractivity contribution in [1.82, 2.24) is 0 Å². The maximum atomic E-state index is 0. The Bertz CT molecular complexity index is 3.61. The summed E-state index contributed by atoms with van der Waals surface area (Å²) in [4.78, 5) is 0. The zero-order valence-electron chi connectivity index (χ0n) is 4.50. The van der Waals surface area contributed by atoms with E-state index in [9.17, 15) is 0 Å². The minimum atomic E-state index is 0. The van der Waals surface area contributed by atoms with E-state index in [4.69, 9.17) is 0 Å². The van der Waals surface area contributed by atoms with Crippen LogP contribution in [0.15, 0.2) is 0 Å². The summed E-state index contributed by atoms with van der Waals surface area (Å²) < 4.78 is 0. The van der Waals surface area contributed by atoms with Crippen LogP contribution in [-0.4, -0.2) is 0 Å². The molecule has 1 heteroatoms. The van der Waals surface area contributed by atoms with Crippen molar-refractivity contribution in [2.45, 2.75) is 0 Å². The van der Waals surface area contributed by atoms with E-state index in [0.717, 1.165) is 0 Å². The average molecular weight is 108 g/mol. The van der Waals surface area contributed by atoms with Crippen molar-refractivity contribution in [1.29, 1.82) is 0 Å². The van der Waals surface area contributed by atoms with Gasteiger partial charge in [-0.25, -0.2) is 0 Å². The van der Waals surface area contributed by atoms with E-state index in [1.54, 1.807) is 0 Å². The van der Waals surface area contributed by atoms with Crippen LogP contribution >= 0.6 is 0 Å². The Morgan fingerprint density at radius 1 is 0.400 bits per heavy atom. The first-order valence-corrected chi connectivity index (χ1v) is 0. The van der Waals surface area contributed by atoms with Crippen LogP contribution in [0.4, 0.5) is 0 Å². The van der Waals surface area contributed by atoms with Gasteiger partial charge in [0.2, 0.25) is 0 Å². The van der Waals surface area contributed by atoms with Gasteiger partial charge in [-0.15, -0.1) is 0 Å². The van der Waals surface area contributed by atoms with Gasteiger partial charge in [-0.1, -0.05) is 0 Å². The topological polar surface area (TPSA) is 0 Å². The van der Waals surface area contributed by atoms with E-state index >= 15 is 0 Å². The predicted molar refractivity (Wildman–Crippen MR) is 25.7 cm³/mol. The molecule has 0 radical (unpaired) electrons. The molecule has 32 valence electrons. The number of hydrogen-bond acceptors (Lipinski definition) is 0. The molecule has 0 aromatic rings. The molecule has 0 nitrogen and oxygen atoms in total. The molecule has 0 bridgehead atoms. The summed E-state index contributed by atoms with van der Waals surface area (Å²) in [6.07, 6.45) is 0. The van der Waals surface area contributed by atoms with E-state index in [2.05, 4.69) is 0 Å². The molecule has 0 saturated carbocycles. The summed E-state index contributed by atoms with van der Waals surface area (Å²) in [5.74, 6) is 0. The molecule has 0 spiro atoms. The molecule has 0 heterocycles. The molecule has 0 rings (SSSR count). The van der Waals surface area contributed by atoms with Gasteiger partial charge >= 0.3 is 21.7 Å². The van der Waals surface area contributed by atoms with Crippen LogP contribution in [0, 0.1) is 29.7 Å². The van der Waals surface area contributed by atoms with Crippen LogP contribution in [0.5, 0.6) is 0 Å². The quantitative estimate of drug-likeness (QED) is 0.328. The van der Waals surface area contributed by atoms with Gasteiger partial charge in [-0.2, -0.15) is 0 Å². The Labute approximate surface area is 51.9 Å². The fourth-order valence-corrected chi connectivity index (χ4v) is 0.